The van der Waals surface area contributed by atoms with Crippen molar-refractivity contribution in [3.05, 3.63) is 45.2 Å². The highest BCUT2D eigenvalue weighted by Crippen LogP contribution is 2.35. The molecule has 2 rings (SSSR count). The number of hydrogen-bond acceptors (Lipinski definition) is 1. The Morgan fingerprint density at radius 1 is 1.20 bits per heavy atom. The summed E-state index contributed by atoms with van der Waals surface area (Å²) in [7, 11) is 0. The van der Waals surface area contributed by atoms with E-state index >= 15 is 0 Å². The minimum Gasteiger partial charge on any atom is -0.255 e. The fourth-order valence-electron chi connectivity index (χ4n) is 1.50. The van der Waals surface area contributed by atoms with E-state index in [0.29, 0.717) is 20.8 Å². The minimum absolute atomic E-state index is 0.475. The van der Waals surface area contributed by atoms with Gasteiger partial charge in [0.15, 0.2) is 0 Å². The van der Waals surface area contributed by atoms with Crippen LogP contribution >= 0.6 is 34.8 Å². The van der Waals surface area contributed by atoms with Gasteiger partial charge >= 0.3 is 0 Å². The van der Waals surface area contributed by atoms with Crippen LogP contribution in [0, 0.1) is 0 Å². The number of aromatic nitrogens is 1. The van der Waals surface area contributed by atoms with E-state index in [2.05, 4.69) is 4.98 Å². The SMILES string of the molecule is ClC1=C(c2nccc(Cl)c2Cl)CCC=C1. The molecule has 1 aromatic heterocycles. The summed E-state index contributed by atoms with van der Waals surface area (Å²) in [4.78, 5) is 4.22. The van der Waals surface area contributed by atoms with Crippen molar-refractivity contribution in [3.8, 4) is 0 Å². The zero-order valence-corrected chi connectivity index (χ0v) is 10.1. The summed E-state index contributed by atoms with van der Waals surface area (Å²) in [6.07, 6.45) is 7.35. The van der Waals surface area contributed by atoms with Gasteiger partial charge < -0.3 is 0 Å². The summed E-state index contributed by atoms with van der Waals surface area (Å²) in [6.45, 7) is 0. The molecule has 1 aliphatic rings. The maximum Gasteiger partial charge on any atom is 0.0877 e. The Labute approximate surface area is 103 Å². The maximum atomic E-state index is 6.09. The average molecular weight is 261 g/mol. The molecule has 0 bridgehead atoms. The van der Waals surface area contributed by atoms with Crippen LogP contribution in [0.25, 0.3) is 5.57 Å². The van der Waals surface area contributed by atoms with Crippen molar-refractivity contribution in [2.24, 2.45) is 0 Å². The van der Waals surface area contributed by atoms with Crippen LogP contribution < -0.4 is 0 Å². The minimum atomic E-state index is 0.475. The highest BCUT2D eigenvalue weighted by molar-refractivity contribution is 6.43. The zero-order chi connectivity index (χ0) is 10.8. The molecule has 0 radical (unpaired) electrons. The second-order valence-electron chi connectivity index (χ2n) is 3.22. The predicted molar refractivity (Wildman–Crippen MR) is 65.4 cm³/mol. The Balaban J connectivity index is 2.54. The Bertz CT molecular complexity index is 449. The van der Waals surface area contributed by atoms with Crippen molar-refractivity contribution in [3.63, 3.8) is 0 Å². The van der Waals surface area contributed by atoms with Gasteiger partial charge in [-0.05, 0) is 30.6 Å². The molecule has 0 atom stereocenters. The lowest BCUT2D eigenvalue weighted by molar-refractivity contribution is 1.03. The third-order valence-corrected chi connectivity index (χ3v) is 3.39. The summed E-state index contributed by atoms with van der Waals surface area (Å²) in [6, 6.07) is 1.67. The molecule has 0 aliphatic heterocycles. The first-order chi connectivity index (χ1) is 7.20. The molecule has 0 amide bonds. The number of pyridine rings is 1. The molecule has 0 N–H and O–H groups in total. The highest BCUT2D eigenvalue weighted by atomic mass is 35.5. The maximum absolute atomic E-state index is 6.09. The van der Waals surface area contributed by atoms with E-state index < -0.39 is 0 Å². The van der Waals surface area contributed by atoms with Crippen LogP contribution in [0.3, 0.4) is 0 Å². The smallest absolute Gasteiger partial charge is 0.0877 e. The number of hydrogen-bond donors (Lipinski definition) is 0. The lowest BCUT2D eigenvalue weighted by Crippen LogP contribution is -1.95. The van der Waals surface area contributed by atoms with Crippen molar-refractivity contribution in [2.75, 3.05) is 0 Å². The first kappa shape index (κ1) is 11.0. The molecule has 1 aliphatic carbocycles. The topological polar surface area (TPSA) is 12.9 Å². The van der Waals surface area contributed by atoms with Crippen LogP contribution in [0.4, 0.5) is 0 Å². The normalized spacial score (nSPS) is 15.9. The molecule has 1 nitrogen and oxygen atoms in total. The molecular weight excluding hydrogens is 252 g/mol. The van der Waals surface area contributed by atoms with E-state index in [0.717, 1.165) is 18.4 Å². The number of nitrogens with zero attached hydrogens (tertiary/aromatic N) is 1. The van der Waals surface area contributed by atoms with Gasteiger partial charge in [0.05, 0.1) is 15.7 Å². The monoisotopic (exact) mass is 259 g/mol. The molecule has 1 aromatic rings. The quantitative estimate of drug-likeness (QED) is 0.714. The first-order valence-electron chi connectivity index (χ1n) is 4.55. The third-order valence-electron chi connectivity index (χ3n) is 2.24. The van der Waals surface area contributed by atoms with Gasteiger partial charge in [0.1, 0.15) is 0 Å². The van der Waals surface area contributed by atoms with Crippen molar-refractivity contribution in [2.45, 2.75) is 12.8 Å². The van der Waals surface area contributed by atoms with Crippen molar-refractivity contribution in [1.29, 1.82) is 0 Å². The average Bonchev–Trinajstić information content (AvgIpc) is 2.23. The van der Waals surface area contributed by atoms with E-state index in [-0.39, 0.29) is 0 Å². The van der Waals surface area contributed by atoms with E-state index in [1.165, 1.54) is 0 Å². The van der Waals surface area contributed by atoms with Crippen LogP contribution in [-0.4, -0.2) is 4.98 Å². The molecule has 4 heteroatoms. The summed E-state index contributed by atoms with van der Waals surface area (Å²) in [5.74, 6) is 0. The molecular formula is C11H8Cl3N. The molecule has 78 valence electrons. The van der Waals surface area contributed by atoms with Crippen LogP contribution in [0.1, 0.15) is 18.5 Å². The van der Waals surface area contributed by atoms with E-state index in [1.54, 1.807) is 12.3 Å². The summed E-state index contributed by atoms with van der Waals surface area (Å²) < 4.78 is 0. The van der Waals surface area contributed by atoms with Gasteiger partial charge in [0.25, 0.3) is 0 Å². The molecule has 1 heterocycles. The first-order valence-corrected chi connectivity index (χ1v) is 5.69. The molecule has 0 spiro atoms. The zero-order valence-electron chi connectivity index (χ0n) is 7.80. The van der Waals surface area contributed by atoms with Crippen LogP contribution in [0.15, 0.2) is 29.4 Å². The molecule has 0 saturated carbocycles. The fraction of sp³-hybridized carbons (Fsp3) is 0.182. The second kappa shape index (κ2) is 4.56. The Morgan fingerprint density at radius 2 is 2.00 bits per heavy atom. The van der Waals surface area contributed by atoms with Crippen molar-refractivity contribution >= 4 is 40.4 Å². The Hall–Kier alpha value is -0.500. The standard InChI is InChI=1S/C11H8Cl3N/c12-8-4-2-1-3-7(8)11-10(14)9(13)5-6-15-11/h2,4-6H,1,3H2. The van der Waals surface area contributed by atoms with Gasteiger partial charge in [-0.2, -0.15) is 0 Å². The summed E-state index contributed by atoms with van der Waals surface area (Å²) in [5.41, 5.74) is 1.66. The molecule has 0 aromatic carbocycles. The van der Waals surface area contributed by atoms with Gasteiger partial charge in [-0.15, -0.1) is 0 Å². The van der Waals surface area contributed by atoms with E-state index in [1.807, 2.05) is 12.2 Å². The fourth-order valence-corrected chi connectivity index (χ4v) is 2.14. The molecule has 0 saturated heterocycles. The summed E-state index contributed by atoms with van der Waals surface area (Å²) in [5, 5.41) is 1.67. The molecule has 0 unspecified atom stereocenters. The van der Waals surface area contributed by atoms with Crippen molar-refractivity contribution in [1.82, 2.24) is 4.98 Å². The third kappa shape index (κ3) is 2.20. The van der Waals surface area contributed by atoms with E-state index in [9.17, 15) is 0 Å². The Kier molecular flexibility index (Phi) is 3.35. The predicted octanol–water partition coefficient (Wildman–Crippen LogP) is 4.69. The van der Waals surface area contributed by atoms with Crippen LogP contribution in [0.5, 0.6) is 0 Å². The number of halogens is 3. The number of rotatable bonds is 1. The highest BCUT2D eigenvalue weighted by Gasteiger charge is 2.15. The lowest BCUT2D eigenvalue weighted by Gasteiger charge is -2.12. The summed E-state index contributed by atoms with van der Waals surface area (Å²) >= 11 is 18.1. The van der Waals surface area contributed by atoms with Crippen molar-refractivity contribution < 1.29 is 0 Å². The molecule has 0 fully saturated rings. The second-order valence-corrected chi connectivity index (χ2v) is 4.42. The van der Waals surface area contributed by atoms with Gasteiger partial charge in [0, 0.05) is 11.2 Å². The largest absolute Gasteiger partial charge is 0.255 e. The van der Waals surface area contributed by atoms with Gasteiger partial charge in [-0.3, -0.25) is 4.98 Å². The number of allylic oxidation sites excluding steroid dienone is 4. The van der Waals surface area contributed by atoms with Gasteiger partial charge in [0.2, 0.25) is 0 Å². The lowest BCUT2D eigenvalue weighted by atomic mass is 10.0. The molecule has 15 heavy (non-hydrogen) atoms. The van der Waals surface area contributed by atoms with Crippen LogP contribution in [0.2, 0.25) is 10.0 Å². The van der Waals surface area contributed by atoms with E-state index in [4.69, 9.17) is 34.8 Å². The van der Waals surface area contributed by atoms with Crippen LogP contribution in [-0.2, 0) is 0 Å². The Morgan fingerprint density at radius 3 is 2.73 bits per heavy atom. The van der Waals surface area contributed by atoms with Gasteiger partial charge in [-0.25, -0.2) is 0 Å². The van der Waals surface area contributed by atoms with Gasteiger partial charge in [-0.1, -0.05) is 40.9 Å².